The number of nitrogens with one attached hydrogen (secondary N) is 1. The number of benzene rings is 1. The smallest absolute Gasteiger partial charge is 0.0942 e. The van der Waals surface area contributed by atoms with E-state index in [0.717, 1.165) is 14.6 Å². The molecule has 0 saturated carbocycles. The second-order valence-corrected chi connectivity index (χ2v) is 4.61. The van der Waals surface area contributed by atoms with E-state index in [1.807, 2.05) is 18.2 Å². The van der Waals surface area contributed by atoms with Crippen LogP contribution in [0.4, 0.5) is 5.69 Å². The van der Waals surface area contributed by atoms with Gasteiger partial charge < -0.3 is 15.5 Å². The maximum atomic E-state index is 9.13. The van der Waals surface area contributed by atoms with Crippen LogP contribution < -0.4 is 5.32 Å². The summed E-state index contributed by atoms with van der Waals surface area (Å²) < 4.78 is 1.90. The van der Waals surface area contributed by atoms with Gasteiger partial charge in [0.1, 0.15) is 0 Å². The van der Waals surface area contributed by atoms with Gasteiger partial charge in [0.25, 0.3) is 0 Å². The monoisotopic (exact) mass is 323 g/mol. The summed E-state index contributed by atoms with van der Waals surface area (Å²) >= 11 is 6.73. The molecule has 0 heterocycles. The second-order valence-electron chi connectivity index (χ2n) is 2.84. The molecule has 0 spiro atoms. The van der Waals surface area contributed by atoms with Crippen LogP contribution in [0.15, 0.2) is 27.1 Å². The van der Waals surface area contributed by atoms with Crippen molar-refractivity contribution in [2.24, 2.45) is 0 Å². The van der Waals surface area contributed by atoms with E-state index in [1.165, 1.54) is 0 Å². The molecular formula is C9H11Br2NO2. The summed E-state index contributed by atoms with van der Waals surface area (Å²) in [4.78, 5) is 0. The zero-order valence-electron chi connectivity index (χ0n) is 7.37. The Morgan fingerprint density at radius 1 is 1.36 bits per heavy atom. The van der Waals surface area contributed by atoms with Crippen LogP contribution in [-0.4, -0.2) is 29.5 Å². The van der Waals surface area contributed by atoms with E-state index in [1.54, 1.807) is 0 Å². The van der Waals surface area contributed by atoms with Crippen molar-refractivity contribution in [1.29, 1.82) is 0 Å². The van der Waals surface area contributed by atoms with Crippen LogP contribution in [0, 0.1) is 0 Å². The lowest BCUT2D eigenvalue weighted by Crippen LogP contribution is -2.23. The van der Waals surface area contributed by atoms with Gasteiger partial charge in [-0.3, -0.25) is 0 Å². The van der Waals surface area contributed by atoms with Gasteiger partial charge in [0.05, 0.1) is 12.7 Å². The lowest BCUT2D eigenvalue weighted by molar-refractivity contribution is 0.105. The molecule has 0 aromatic heterocycles. The first-order valence-electron chi connectivity index (χ1n) is 4.11. The minimum Gasteiger partial charge on any atom is -0.394 e. The predicted molar refractivity (Wildman–Crippen MR) is 63.4 cm³/mol. The molecule has 0 aliphatic rings. The van der Waals surface area contributed by atoms with Crippen molar-refractivity contribution in [2.75, 3.05) is 18.5 Å². The molecule has 14 heavy (non-hydrogen) atoms. The van der Waals surface area contributed by atoms with Gasteiger partial charge in [-0.25, -0.2) is 0 Å². The van der Waals surface area contributed by atoms with Crippen molar-refractivity contribution in [2.45, 2.75) is 6.10 Å². The van der Waals surface area contributed by atoms with E-state index in [-0.39, 0.29) is 6.61 Å². The number of aliphatic hydroxyl groups is 2. The third-order valence-corrected chi connectivity index (χ3v) is 2.82. The molecule has 3 nitrogen and oxygen atoms in total. The van der Waals surface area contributed by atoms with Gasteiger partial charge in [0.15, 0.2) is 0 Å². The number of halogens is 2. The molecule has 0 saturated heterocycles. The highest BCUT2D eigenvalue weighted by Crippen LogP contribution is 2.25. The minimum atomic E-state index is -0.731. The quantitative estimate of drug-likeness (QED) is 0.793. The summed E-state index contributed by atoms with van der Waals surface area (Å²) in [5, 5.41) is 20.8. The first-order chi connectivity index (χ1) is 6.63. The molecule has 0 amide bonds. The Bertz CT molecular complexity index is 307. The lowest BCUT2D eigenvalue weighted by Gasteiger charge is -2.11. The fourth-order valence-electron chi connectivity index (χ4n) is 0.925. The number of rotatable bonds is 4. The molecular weight excluding hydrogens is 314 g/mol. The normalized spacial score (nSPS) is 12.6. The molecule has 0 fully saturated rings. The standard InChI is InChI=1S/C9H11Br2NO2/c10-6-1-2-9(8(11)3-6)12-4-7(14)5-13/h1-3,7,12-14H,4-5H2/t7-/m0/s1. The minimum absolute atomic E-state index is 0.235. The lowest BCUT2D eigenvalue weighted by atomic mass is 10.3. The van der Waals surface area contributed by atoms with Crippen molar-refractivity contribution in [3.8, 4) is 0 Å². The Balaban J connectivity index is 2.59. The highest BCUT2D eigenvalue weighted by Gasteiger charge is 2.03. The van der Waals surface area contributed by atoms with Gasteiger partial charge in [0, 0.05) is 21.2 Å². The van der Waals surface area contributed by atoms with Gasteiger partial charge in [-0.2, -0.15) is 0 Å². The third kappa shape index (κ3) is 3.57. The Kier molecular flexibility index (Phi) is 4.88. The maximum absolute atomic E-state index is 9.13. The van der Waals surface area contributed by atoms with Crippen LogP contribution in [0.1, 0.15) is 0 Å². The van der Waals surface area contributed by atoms with Crippen LogP contribution >= 0.6 is 31.9 Å². The zero-order valence-corrected chi connectivity index (χ0v) is 10.5. The van der Waals surface area contributed by atoms with Crippen molar-refractivity contribution in [3.63, 3.8) is 0 Å². The molecule has 3 N–H and O–H groups in total. The van der Waals surface area contributed by atoms with Crippen LogP contribution in [0.3, 0.4) is 0 Å². The van der Waals surface area contributed by atoms with Gasteiger partial charge in [0.2, 0.25) is 0 Å². The summed E-state index contributed by atoms with van der Waals surface area (Å²) in [5.74, 6) is 0. The van der Waals surface area contributed by atoms with Crippen LogP contribution in [-0.2, 0) is 0 Å². The highest BCUT2D eigenvalue weighted by molar-refractivity contribution is 9.11. The Morgan fingerprint density at radius 3 is 2.64 bits per heavy atom. The van der Waals surface area contributed by atoms with Crippen LogP contribution in [0.25, 0.3) is 0 Å². The average Bonchev–Trinajstić information content (AvgIpc) is 2.16. The summed E-state index contributed by atoms with van der Waals surface area (Å²) in [6.45, 7) is 0.0951. The number of hydrogen-bond acceptors (Lipinski definition) is 3. The molecule has 0 unspecified atom stereocenters. The van der Waals surface area contributed by atoms with Crippen LogP contribution in [0.5, 0.6) is 0 Å². The molecule has 1 aromatic carbocycles. The summed E-state index contributed by atoms with van der Waals surface area (Å²) in [6.07, 6.45) is -0.731. The SMILES string of the molecule is OC[C@@H](O)CNc1ccc(Br)cc1Br. The van der Waals surface area contributed by atoms with E-state index in [9.17, 15) is 0 Å². The van der Waals surface area contributed by atoms with Crippen molar-refractivity contribution < 1.29 is 10.2 Å². The van der Waals surface area contributed by atoms with E-state index in [2.05, 4.69) is 37.2 Å². The summed E-state index contributed by atoms with van der Waals surface area (Å²) in [6, 6.07) is 5.70. The molecule has 0 bridgehead atoms. The number of hydrogen-bond donors (Lipinski definition) is 3. The van der Waals surface area contributed by atoms with Crippen molar-refractivity contribution in [1.82, 2.24) is 0 Å². The van der Waals surface area contributed by atoms with Crippen molar-refractivity contribution in [3.05, 3.63) is 27.1 Å². The second kappa shape index (κ2) is 5.70. The molecule has 1 aromatic rings. The predicted octanol–water partition coefficient (Wildman–Crippen LogP) is 1.98. The molecule has 5 heteroatoms. The third-order valence-electron chi connectivity index (χ3n) is 1.67. The molecule has 78 valence electrons. The Hall–Kier alpha value is -0.100. The summed E-state index contributed by atoms with van der Waals surface area (Å²) in [5.41, 5.74) is 0.890. The molecule has 1 rings (SSSR count). The fraction of sp³-hybridized carbons (Fsp3) is 0.333. The highest BCUT2D eigenvalue weighted by atomic mass is 79.9. The molecule has 0 aliphatic carbocycles. The van der Waals surface area contributed by atoms with E-state index < -0.39 is 6.10 Å². The van der Waals surface area contributed by atoms with E-state index in [4.69, 9.17) is 10.2 Å². The number of anilines is 1. The maximum Gasteiger partial charge on any atom is 0.0942 e. The van der Waals surface area contributed by atoms with E-state index >= 15 is 0 Å². The van der Waals surface area contributed by atoms with Crippen LogP contribution in [0.2, 0.25) is 0 Å². The van der Waals surface area contributed by atoms with Crippen molar-refractivity contribution >= 4 is 37.5 Å². The van der Waals surface area contributed by atoms with E-state index in [0.29, 0.717) is 6.54 Å². The number of aliphatic hydroxyl groups excluding tert-OH is 2. The fourth-order valence-corrected chi connectivity index (χ4v) is 2.11. The first-order valence-corrected chi connectivity index (χ1v) is 5.70. The first kappa shape index (κ1) is 12.0. The Labute approximate surface area is 99.4 Å². The van der Waals surface area contributed by atoms with Gasteiger partial charge in [-0.15, -0.1) is 0 Å². The zero-order chi connectivity index (χ0) is 10.6. The molecule has 0 radical (unpaired) electrons. The average molecular weight is 325 g/mol. The molecule has 0 aliphatic heterocycles. The Morgan fingerprint density at radius 2 is 2.07 bits per heavy atom. The summed E-state index contributed by atoms with van der Waals surface area (Å²) in [7, 11) is 0. The topological polar surface area (TPSA) is 52.5 Å². The van der Waals surface area contributed by atoms with Gasteiger partial charge >= 0.3 is 0 Å². The van der Waals surface area contributed by atoms with Gasteiger partial charge in [-0.05, 0) is 34.1 Å². The van der Waals surface area contributed by atoms with Gasteiger partial charge in [-0.1, -0.05) is 15.9 Å². The largest absolute Gasteiger partial charge is 0.394 e. The molecule has 1 atom stereocenters.